The highest BCUT2D eigenvalue weighted by molar-refractivity contribution is 4.89. The Labute approximate surface area is 91.6 Å². The highest BCUT2D eigenvalue weighted by Crippen LogP contribution is 2.26. The van der Waals surface area contributed by atoms with Crippen molar-refractivity contribution >= 4 is 0 Å². The topological polar surface area (TPSA) is 44.7 Å². The van der Waals surface area contributed by atoms with E-state index in [1.165, 1.54) is 25.9 Å². The van der Waals surface area contributed by atoms with E-state index in [-0.39, 0.29) is 12.0 Å². The second kappa shape index (κ2) is 4.78. The van der Waals surface area contributed by atoms with Crippen LogP contribution in [0.15, 0.2) is 0 Å². The summed E-state index contributed by atoms with van der Waals surface area (Å²) in [6.07, 6.45) is 2.44. The van der Waals surface area contributed by atoms with Crippen molar-refractivity contribution < 1.29 is 9.84 Å². The molecular weight excluding hydrogens is 192 g/mol. The first-order chi connectivity index (χ1) is 7.24. The summed E-state index contributed by atoms with van der Waals surface area (Å²) in [4.78, 5) is 2.37. The lowest BCUT2D eigenvalue weighted by Crippen LogP contribution is -2.54. The average Bonchev–Trinajstić information content (AvgIpc) is 2.20. The standard InChI is InChI=1S/C11H22N2O2/c1-13-4-2-10(3-5-13)12-6-11(7-14)8-15-9-11/h10,12,14H,2-9H2,1H3. The van der Waals surface area contributed by atoms with Crippen LogP contribution in [0.5, 0.6) is 0 Å². The van der Waals surface area contributed by atoms with Gasteiger partial charge in [0.1, 0.15) is 0 Å². The lowest BCUT2D eigenvalue weighted by atomic mass is 9.86. The number of piperidine rings is 1. The van der Waals surface area contributed by atoms with Gasteiger partial charge in [-0.05, 0) is 33.0 Å². The Balaban J connectivity index is 1.69. The van der Waals surface area contributed by atoms with Gasteiger partial charge in [-0.3, -0.25) is 0 Å². The molecule has 0 radical (unpaired) electrons. The van der Waals surface area contributed by atoms with Crippen LogP contribution in [0.1, 0.15) is 12.8 Å². The molecule has 0 aromatic carbocycles. The van der Waals surface area contributed by atoms with Crippen molar-refractivity contribution in [3.05, 3.63) is 0 Å². The number of nitrogens with one attached hydrogen (secondary N) is 1. The van der Waals surface area contributed by atoms with E-state index < -0.39 is 0 Å². The number of likely N-dealkylation sites (tertiary alicyclic amines) is 1. The van der Waals surface area contributed by atoms with Crippen molar-refractivity contribution in [2.75, 3.05) is 46.5 Å². The Hall–Kier alpha value is -0.160. The van der Waals surface area contributed by atoms with Gasteiger partial charge in [0, 0.05) is 12.6 Å². The molecule has 2 aliphatic rings. The number of rotatable bonds is 4. The number of nitrogens with zero attached hydrogens (tertiary/aromatic N) is 1. The molecule has 2 rings (SSSR count). The minimum absolute atomic E-state index is 0.0172. The van der Waals surface area contributed by atoms with Crippen LogP contribution in [-0.2, 0) is 4.74 Å². The Morgan fingerprint density at radius 1 is 1.40 bits per heavy atom. The molecule has 0 atom stereocenters. The Kier molecular flexibility index (Phi) is 3.61. The van der Waals surface area contributed by atoms with Crippen molar-refractivity contribution in [1.82, 2.24) is 10.2 Å². The van der Waals surface area contributed by atoms with Gasteiger partial charge in [-0.1, -0.05) is 0 Å². The molecule has 2 aliphatic heterocycles. The number of aliphatic hydroxyl groups is 1. The molecule has 0 spiro atoms. The maximum absolute atomic E-state index is 9.28. The van der Waals surface area contributed by atoms with Gasteiger partial charge in [-0.15, -0.1) is 0 Å². The van der Waals surface area contributed by atoms with Crippen LogP contribution >= 0.6 is 0 Å². The van der Waals surface area contributed by atoms with Gasteiger partial charge in [-0.25, -0.2) is 0 Å². The molecule has 4 heteroatoms. The van der Waals surface area contributed by atoms with Crippen LogP contribution in [0.3, 0.4) is 0 Å². The van der Waals surface area contributed by atoms with Crippen molar-refractivity contribution in [3.8, 4) is 0 Å². The fourth-order valence-corrected chi connectivity index (χ4v) is 2.21. The van der Waals surface area contributed by atoms with Gasteiger partial charge < -0.3 is 20.1 Å². The minimum Gasteiger partial charge on any atom is -0.396 e. The van der Waals surface area contributed by atoms with E-state index in [2.05, 4.69) is 17.3 Å². The van der Waals surface area contributed by atoms with E-state index in [1.807, 2.05) is 0 Å². The highest BCUT2D eigenvalue weighted by atomic mass is 16.5. The summed E-state index contributed by atoms with van der Waals surface area (Å²) in [5.41, 5.74) is 0.0172. The molecular formula is C11H22N2O2. The third kappa shape index (κ3) is 2.69. The van der Waals surface area contributed by atoms with E-state index in [0.29, 0.717) is 19.3 Å². The van der Waals surface area contributed by atoms with Gasteiger partial charge in [0.25, 0.3) is 0 Å². The fourth-order valence-electron chi connectivity index (χ4n) is 2.21. The average molecular weight is 214 g/mol. The number of ether oxygens (including phenoxy) is 1. The van der Waals surface area contributed by atoms with Gasteiger partial charge in [0.2, 0.25) is 0 Å². The van der Waals surface area contributed by atoms with Crippen molar-refractivity contribution in [3.63, 3.8) is 0 Å². The maximum atomic E-state index is 9.28. The number of aliphatic hydroxyl groups excluding tert-OH is 1. The minimum atomic E-state index is 0.0172. The van der Waals surface area contributed by atoms with E-state index in [0.717, 1.165) is 6.54 Å². The molecule has 2 saturated heterocycles. The van der Waals surface area contributed by atoms with Crippen LogP contribution in [0.2, 0.25) is 0 Å². The molecule has 15 heavy (non-hydrogen) atoms. The van der Waals surface area contributed by atoms with E-state index in [9.17, 15) is 5.11 Å². The Bertz CT molecular complexity index is 193. The quantitative estimate of drug-likeness (QED) is 0.673. The normalized spacial score (nSPS) is 27.6. The van der Waals surface area contributed by atoms with E-state index in [4.69, 9.17) is 4.74 Å². The van der Waals surface area contributed by atoms with E-state index in [1.54, 1.807) is 0 Å². The third-order valence-corrected chi connectivity index (χ3v) is 3.64. The first kappa shape index (κ1) is 11.3. The predicted octanol–water partition coefficient (Wildman–Crippen LogP) is -0.321. The molecule has 0 unspecified atom stereocenters. The first-order valence-electron chi connectivity index (χ1n) is 5.85. The summed E-state index contributed by atoms with van der Waals surface area (Å²) < 4.78 is 5.18. The van der Waals surface area contributed by atoms with Crippen molar-refractivity contribution in [2.45, 2.75) is 18.9 Å². The van der Waals surface area contributed by atoms with Crippen molar-refractivity contribution in [2.24, 2.45) is 5.41 Å². The molecule has 0 bridgehead atoms. The molecule has 0 aromatic rings. The molecule has 0 aromatic heterocycles. The van der Waals surface area contributed by atoms with Gasteiger partial charge in [-0.2, -0.15) is 0 Å². The molecule has 2 heterocycles. The third-order valence-electron chi connectivity index (χ3n) is 3.64. The Morgan fingerprint density at radius 3 is 2.53 bits per heavy atom. The molecule has 2 fully saturated rings. The SMILES string of the molecule is CN1CCC(NCC2(CO)COC2)CC1. The molecule has 88 valence electrons. The zero-order chi connectivity index (χ0) is 10.7. The molecule has 0 saturated carbocycles. The maximum Gasteiger partial charge on any atom is 0.0579 e. The van der Waals surface area contributed by atoms with Gasteiger partial charge >= 0.3 is 0 Å². The monoisotopic (exact) mass is 214 g/mol. The van der Waals surface area contributed by atoms with Crippen molar-refractivity contribution in [1.29, 1.82) is 0 Å². The molecule has 2 N–H and O–H groups in total. The Morgan fingerprint density at radius 2 is 2.07 bits per heavy atom. The largest absolute Gasteiger partial charge is 0.396 e. The van der Waals surface area contributed by atoms with Crippen LogP contribution in [-0.4, -0.2) is 62.6 Å². The lowest BCUT2D eigenvalue weighted by Gasteiger charge is -2.41. The highest BCUT2D eigenvalue weighted by Gasteiger charge is 2.38. The summed E-state index contributed by atoms with van der Waals surface area (Å²) in [5, 5.41) is 12.8. The zero-order valence-electron chi connectivity index (χ0n) is 9.54. The predicted molar refractivity (Wildman–Crippen MR) is 58.9 cm³/mol. The summed E-state index contributed by atoms with van der Waals surface area (Å²) in [6.45, 7) is 4.93. The van der Waals surface area contributed by atoms with Crippen LogP contribution in [0.25, 0.3) is 0 Å². The lowest BCUT2D eigenvalue weighted by molar-refractivity contribution is -0.135. The van der Waals surface area contributed by atoms with Crippen LogP contribution in [0.4, 0.5) is 0 Å². The van der Waals surface area contributed by atoms with Crippen LogP contribution in [0, 0.1) is 5.41 Å². The summed E-state index contributed by atoms with van der Waals surface area (Å²) in [6, 6.07) is 0.630. The summed E-state index contributed by atoms with van der Waals surface area (Å²) in [5.74, 6) is 0. The summed E-state index contributed by atoms with van der Waals surface area (Å²) >= 11 is 0. The second-order valence-corrected chi connectivity index (χ2v) is 5.11. The smallest absolute Gasteiger partial charge is 0.0579 e. The summed E-state index contributed by atoms with van der Waals surface area (Å²) in [7, 11) is 2.17. The molecule has 0 amide bonds. The zero-order valence-corrected chi connectivity index (χ0v) is 9.54. The second-order valence-electron chi connectivity index (χ2n) is 5.11. The number of hydrogen-bond donors (Lipinski definition) is 2. The van der Waals surface area contributed by atoms with Crippen LogP contribution < -0.4 is 5.32 Å². The number of hydrogen-bond acceptors (Lipinski definition) is 4. The van der Waals surface area contributed by atoms with E-state index >= 15 is 0 Å². The first-order valence-corrected chi connectivity index (χ1v) is 5.85. The fraction of sp³-hybridized carbons (Fsp3) is 1.00. The van der Waals surface area contributed by atoms with Gasteiger partial charge in [0.15, 0.2) is 0 Å². The van der Waals surface area contributed by atoms with Gasteiger partial charge in [0.05, 0.1) is 25.2 Å². The molecule has 0 aliphatic carbocycles. The molecule has 4 nitrogen and oxygen atoms in total.